The largest absolute Gasteiger partial charge is 0.492 e. The Morgan fingerprint density at radius 1 is 1.29 bits per heavy atom. The standard InChI is InChI=1S/C18H22N2O3S/c1-5-23-16-10-13(18(22)20(3)4)6-7-15(16)19-17(21)12(2)14-8-9-24-11-14/h6-12H,5H2,1-4H3,(H,19,21). The summed E-state index contributed by atoms with van der Waals surface area (Å²) in [5, 5.41) is 6.81. The van der Waals surface area contributed by atoms with Gasteiger partial charge in [-0.15, -0.1) is 0 Å². The molecule has 0 spiro atoms. The van der Waals surface area contributed by atoms with Crippen LogP contribution in [0.2, 0.25) is 0 Å². The molecule has 0 aliphatic heterocycles. The Bertz CT molecular complexity index is 711. The second-order valence-electron chi connectivity index (χ2n) is 5.61. The molecule has 1 N–H and O–H groups in total. The highest BCUT2D eigenvalue weighted by molar-refractivity contribution is 7.08. The molecule has 1 heterocycles. The Balaban J connectivity index is 2.22. The summed E-state index contributed by atoms with van der Waals surface area (Å²) in [5.74, 6) is 0.0198. The van der Waals surface area contributed by atoms with E-state index in [-0.39, 0.29) is 17.7 Å². The predicted octanol–water partition coefficient (Wildman–Crippen LogP) is 3.59. The van der Waals surface area contributed by atoms with Crippen molar-refractivity contribution in [2.24, 2.45) is 0 Å². The lowest BCUT2D eigenvalue weighted by atomic mass is 10.0. The molecule has 2 rings (SSSR count). The second-order valence-corrected chi connectivity index (χ2v) is 6.39. The molecule has 0 bridgehead atoms. The summed E-state index contributed by atoms with van der Waals surface area (Å²) in [5.41, 5.74) is 2.07. The Morgan fingerprint density at radius 3 is 2.62 bits per heavy atom. The molecule has 0 radical (unpaired) electrons. The Hall–Kier alpha value is -2.34. The van der Waals surface area contributed by atoms with E-state index < -0.39 is 0 Å². The number of carbonyl (C=O) groups excluding carboxylic acids is 2. The molecule has 0 saturated heterocycles. The topological polar surface area (TPSA) is 58.6 Å². The monoisotopic (exact) mass is 346 g/mol. The van der Waals surface area contributed by atoms with Crippen molar-refractivity contribution < 1.29 is 14.3 Å². The minimum absolute atomic E-state index is 0.110. The van der Waals surface area contributed by atoms with E-state index in [0.717, 1.165) is 5.56 Å². The Kier molecular flexibility index (Phi) is 5.98. The molecule has 0 saturated carbocycles. The number of hydrogen-bond donors (Lipinski definition) is 1. The van der Waals surface area contributed by atoms with E-state index in [1.54, 1.807) is 43.6 Å². The van der Waals surface area contributed by atoms with Crippen LogP contribution < -0.4 is 10.1 Å². The van der Waals surface area contributed by atoms with Crippen LogP contribution in [0, 0.1) is 0 Å². The lowest BCUT2D eigenvalue weighted by Gasteiger charge is -2.16. The molecule has 0 fully saturated rings. The third kappa shape index (κ3) is 4.14. The molecule has 1 atom stereocenters. The molecular formula is C18H22N2O3S. The molecule has 6 heteroatoms. The van der Waals surface area contributed by atoms with Crippen LogP contribution in [-0.4, -0.2) is 37.4 Å². The van der Waals surface area contributed by atoms with E-state index >= 15 is 0 Å². The molecule has 0 aliphatic rings. The zero-order valence-corrected chi connectivity index (χ0v) is 15.1. The van der Waals surface area contributed by atoms with Crippen molar-refractivity contribution in [1.29, 1.82) is 0 Å². The van der Waals surface area contributed by atoms with Crippen molar-refractivity contribution in [1.82, 2.24) is 4.90 Å². The highest BCUT2D eigenvalue weighted by atomic mass is 32.1. The van der Waals surface area contributed by atoms with Gasteiger partial charge < -0.3 is 15.0 Å². The van der Waals surface area contributed by atoms with Crippen molar-refractivity contribution in [3.05, 3.63) is 46.2 Å². The lowest BCUT2D eigenvalue weighted by Crippen LogP contribution is -2.22. The summed E-state index contributed by atoms with van der Waals surface area (Å²) in [4.78, 5) is 26.0. The van der Waals surface area contributed by atoms with Crippen molar-refractivity contribution >= 4 is 28.8 Å². The molecule has 2 amide bonds. The fourth-order valence-corrected chi connectivity index (χ4v) is 2.96. The summed E-state index contributed by atoms with van der Waals surface area (Å²) < 4.78 is 5.60. The van der Waals surface area contributed by atoms with Gasteiger partial charge in [-0.1, -0.05) is 0 Å². The van der Waals surface area contributed by atoms with E-state index in [0.29, 0.717) is 23.6 Å². The predicted molar refractivity (Wildman–Crippen MR) is 97.0 cm³/mol. The van der Waals surface area contributed by atoms with Crippen LogP contribution >= 0.6 is 11.3 Å². The number of thiophene rings is 1. The van der Waals surface area contributed by atoms with Crippen LogP contribution in [0.4, 0.5) is 5.69 Å². The molecule has 128 valence electrons. The maximum atomic E-state index is 12.5. The van der Waals surface area contributed by atoms with Gasteiger partial charge in [0.05, 0.1) is 18.2 Å². The van der Waals surface area contributed by atoms with Crippen LogP contribution in [-0.2, 0) is 4.79 Å². The van der Waals surface area contributed by atoms with Gasteiger partial charge in [0.1, 0.15) is 5.75 Å². The smallest absolute Gasteiger partial charge is 0.253 e. The number of ether oxygens (including phenoxy) is 1. The van der Waals surface area contributed by atoms with E-state index in [1.165, 1.54) is 4.90 Å². The van der Waals surface area contributed by atoms with Crippen molar-refractivity contribution in [3.63, 3.8) is 0 Å². The van der Waals surface area contributed by atoms with E-state index in [4.69, 9.17) is 4.74 Å². The third-order valence-electron chi connectivity index (χ3n) is 3.63. The molecule has 0 aliphatic carbocycles. The minimum Gasteiger partial charge on any atom is -0.492 e. The van der Waals surface area contributed by atoms with Gasteiger partial charge in [0, 0.05) is 19.7 Å². The first-order valence-corrected chi connectivity index (χ1v) is 8.69. The average molecular weight is 346 g/mol. The van der Waals surface area contributed by atoms with Gasteiger partial charge >= 0.3 is 0 Å². The van der Waals surface area contributed by atoms with Gasteiger partial charge in [-0.3, -0.25) is 9.59 Å². The maximum absolute atomic E-state index is 12.5. The van der Waals surface area contributed by atoms with Crippen molar-refractivity contribution in [2.75, 3.05) is 26.0 Å². The summed E-state index contributed by atoms with van der Waals surface area (Å²) in [6.07, 6.45) is 0. The Labute approximate surface area is 146 Å². The van der Waals surface area contributed by atoms with Gasteiger partial charge in [0.15, 0.2) is 0 Å². The zero-order valence-electron chi connectivity index (χ0n) is 14.3. The highest BCUT2D eigenvalue weighted by Gasteiger charge is 2.18. The van der Waals surface area contributed by atoms with Crippen LogP contribution in [0.3, 0.4) is 0 Å². The van der Waals surface area contributed by atoms with Crippen LogP contribution in [0.1, 0.15) is 35.7 Å². The van der Waals surface area contributed by atoms with Crippen molar-refractivity contribution in [3.8, 4) is 5.75 Å². The quantitative estimate of drug-likeness (QED) is 0.869. The van der Waals surface area contributed by atoms with Gasteiger partial charge in [0.2, 0.25) is 5.91 Å². The Morgan fingerprint density at radius 2 is 2.04 bits per heavy atom. The number of carbonyl (C=O) groups is 2. The molecule has 1 aromatic carbocycles. The summed E-state index contributed by atoms with van der Waals surface area (Å²) in [7, 11) is 3.39. The molecule has 1 aromatic heterocycles. The van der Waals surface area contributed by atoms with Gasteiger partial charge in [-0.25, -0.2) is 0 Å². The van der Waals surface area contributed by atoms with Crippen LogP contribution in [0.25, 0.3) is 0 Å². The van der Waals surface area contributed by atoms with Gasteiger partial charge in [0.25, 0.3) is 5.91 Å². The fraction of sp³-hybridized carbons (Fsp3) is 0.333. The normalized spacial score (nSPS) is 11.7. The third-order valence-corrected chi connectivity index (χ3v) is 4.33. The lowest BCUT2D eigenvalue weighted by molar-refractivity contribution is -0.117. The summed E-state index contributed by atoms with van der Waals surface area (Å²) >= 11 is 1.56. The SMILES string of the molecule is CCOc1cc(C(=O)N(C)C)ccc1NC(=O)C(C)c1ccsc1. The second kappa shape index (κ2) is 7.97. The number of anilines is 1. The number of rotatable bonds is 6. The van der Waals surface area contributed by atoms with E-state index in [9.17, 15) is 9.59 Å². The molecule has 1 unspecified atom stereocenters. The first kappa shape index (κ1) is 18.0. The van der Waals surface area contributed by atoms with E-state index in [1.807, 2.05) is 30.7 Å². The molecule has 24 heavy (non-hydrogen) atoms. The molecule has 2 aromatic rings. The summed E-state index contributed by atoms with van der Waals surface area (Å²) in [6.45, 7) is 4.17. The first-order chi connectivity index (χ1) is 11.4. The fourth-order valence-electron chi connectivity index (χ4n) is 2.21. The number of amides is 2. The summed E-state index contributed by atoms with van der Waals surface area (Å²) in [6, 6.07) is 7.00. The van der Waals surface area contributed by atoms with Crippen LogP contribution in [0.15, 0.2) is 35.0 Å². The first-order valence-electron chi connectivity index (χ1n) is 7.75. The highest BCUT2D eigenvalue weighted by Crippen LogP contribution is 2.28. The molecule has 5 nitrogen and oxygen atoms in total. The van der Waals surface area contributed by atoms with Crippen LogP contribution in [0.5, 0.6) is 5.75 Å². The number of nitrogens with zero attached hydrogens (tertiary/aromatic N) is 1. The van der Waals surface area contributed by atoms with Gasteiger partial charge in [-0.05, 0) is 54.4 Å². The van der Waals surface area contributed by atoms with Crippen molar-refractivity contribution in [2.45, 2.75) is 19.8 Å². The minimum atomic E-state index is -0.256. The maximum Gasteiger partial charge on any atom is 0.253 e. The number of nitrogens with one attached hydrogen (secondary N) is 1. The van der Waals surface area contributed by atoms with E-state index in [2.05, 4.69) is 5.32 Å². The average Bonchev–Trinajstić information content (AvgIpc) is 3.09. The molecular weight excluding hydrogens is 324 g/mol. The van der Waals surface area contributed by atoms with Gasteiger partial charge in [-0.2, -0.15) is 11.3 Å². The number of hydrogen-bond acceptors (Lipinski definition) is 4. The number of benzene rings is 1. The zero-order chi connectivity index (χ0) is 17.7.